The van der Waals surface area contributed by atoms with Crippen LogP contribution in [0.1, 0.15) is 37.3 Å². The molecule has 0 aliphatic carbocycles. The lowest BCUT2D eigenvalue weighted by molar-refractivity contribution is 0.206. The van der Waals surface area contributed by atoms with Gasteiger partial charge in [-0.2, -0.15) is 0 Å². The number of nitrogens with one attached hydrogen (secondary N) is 2. The number of hydrogen-bond donors (Lipinski definition) is 2. The molecule has 6 heteroatoms. The first-order chi connectivity index (χ1) is 12.8. The van der Waals surface area contributed by atoms with E-state index in [9.17, 15) is 0 Å². The molecule has 2 N–H and O–H groups in total. The topological polar surface area (TPSA) is 42.9 Å². The number of fused-ring (bicyclic) bond motifs is 1. The average Bonchev–Trinajstić information content (AvgIpc) is 2.68. The molecule has 0 spiro atoms. The molecule has 0 bridgehead atoms. The summed E-state index contributed by atoms with van der Waals surface area (Å²) in [7, 11) is 1.87. The van der Waals surface area contributed by atoms with Gasteiger partial charge in [0, 0.05) is 52.4 Å². The second-order valence-corrected chi connectivity index (χ2v) is 7.55. The molecule has 3 rings (SSSR count). The number of hydrogen-bond acceptors (Lipinski definition) is 3. The summed E-state index contributed by atoms with van der Waals surface area (Å²) in [5.41, 5.74) is 3.00. The van der Waals surface area contributed by atoms with Crippen LogP contribution >= 0.6 is 24.0 Å². The summed E-state index contributed by atoms with van der Waals surface area (Å²) in [4.78, 5) is 9.52. The van der Waals surface area contributed by atoms with Gasteiger partial charge in [0.2, 0.25) is 0 Å². The molecular weight excluding hydrogens is 449 g/mol. The van der Waals surface area contributed by atoms with E-state index in [0.29, 0.717) is 6.04 Å². The first-order valence-corrected chi connectivity index (χ1v) is 10.3. The molecule has 2 heterocycles. The molecule has 0 unspecified atom stereocenters. The van der Waals surface area contributed by atoms with Gasteiger partial charge in [0.05, 0.1) is 0 Å². The molecule has 0 radical (unpaired) electrons. The lowest BCUT2D eigenvalue weighted by Gasteiger charge is -2.33. The van der Waals surface area contributed by atoms with E-state index < -0.39 is 0 Å². The summed E-state index contributed by atoms with van der Waals surface area (Å²) in [5, 5.41) is 7.12. The minimum absolute atomic E-state index is 0. The van der Waals surface area contributed by atoms with Crippen LogP contribution in [0.15, 0.2) is 29.3 Å². The van der Waals surface area contributed by atoms with Gasteiger partial charge in [-0.15, -0.1) is 24.0 Å². The fourth-order valence-electron chi connectivity index (χ4n) is 4.08. The van der Waals surface area contributed by atoms with Gasteiger partial charge in [-0.1, -0.05) is 31.2 Å². The van der Waals surface area contributed by atoms with Gasteiger partial charge >= 0.3 is 0 Å². The van der Waals surface area contributed by atoms with Crippen molar-refractivity contribution in [2.75, 3.05) is 46.3 Å². The summed E-state index contributed by atoms with van der Waals surface area (Å²) < 4.78 is 0. The van der Waals surface area contributed by atoms with Gasteiger partial charge in [-0.25, -0.2) is 0 Å². The van der Waals surface area contributed by atoms with Crippen molar-refractivity contribution in [1.29, 1.82) is 0 Å². The predicted molar refractivity (Wildman–Crippen MR) is 125 cm³/mol. The van der Waals surface area contributed by atoms with Crippen LogP contribution in [-0.4, -0.2) is 68.1 Å². The van der Waals surface area contributed by atoms with Crippen molar-refractivity contribution in [3.8, 4) is 0 Å². The standard InChI is InChI=1S/C21H35N5.HI/c1-3-12-25-14-9-20(10-15-25)24-21(22-2)23-11-16-26-13-8-18-6-4-5-7-19(18)17-26;/h4-7,20H,3,8-17H2,1-2H3,(H2,22,23,24);1H. The Labute approximate surface area is 182 Å². The normalized spacial score (nSPS) is 19.3. The maximum absolute atomic E-state index is 4.42. The highest BCUT2D eigenvalue weighted by molar-refractivity contribution is 14.0. The summed E-state index contributed by atoms with van der Waals surface area (Å²) in [6.07, 6.45) is 4.84. The molecule has 152 valence electrons. The highest BCUT2D eigenvalue weighted by Gasteiger charge is 2.19. The Balaban J connectivity index is 0.00000261. The smallest absolute Gasteiger partial charge is 0.191 e. The fraction of sp³-hybridized carbons (Fsp3) is 0.667. The first-order valence-electron chi connectivity index (χ1n) is 10.3. The fourth-order valence-corrected chi connectivity index (χ4v) is 4.08. The van der Waals surface area contributed by atoms with Crippen molar-refractivity contribution in [2.45, 2.75) is 45.2 Å². The van der Waals surface area contributed by atoms with E-state index in [1.54, 1.807) is 0 Å². The molecule has 2 aliphatic rings. The molecule has 1 saturated heterocycles. The van der Waals surface area contributed by atoms with Crippen molar-refractivity contribution >= 4 is 29.9 Å². The average molecular weight is 485 g/mol. The molecule has 1 aromatic carbocycles. The van der Waals surface area contributed by atoms with Gasteiger partial charge in [0.25, 0.3) is 0 Å². The second-order valence-electron chi connectivity index (χ2n) is 7.55. The molecule has 1 fully saturated rings. The van der Waals surface area contributed by atoms with Crippen LogP contribution in [0.5, 0.6) is 0 Å². The second kappa shape index (κ2) is 11.9. The third-order valence-electron chi connectivity index (χ3n) is 5.62. The molecule has 0 amide bonds. The minimum Gasteiger partial charge on any atom is -0.355 e. The maximum Gasteiger partial charge on any atom is 0.191 e. The number of rotatable bonds is 6. The third kappa shape index (κ3) is 6.91. The Hall–Kier alpha value is -0.860. The Morgan fingerprint density at radius 1 is 1.07 bits per heavy atom. The highest BCUT2D eigenvalue weighted by Crippen LogP contribution is 2.17. The van der Waals surface area contributed by atoms with Crippen molar-refractivity contribution in [2.24, 2.45) is 4.99 Å². The zero-order valence-corrected chi connectivity index (χ0v) is 19.2. The van der Waals surface area contributed by atoms with Crippen LogP contribution in [-0.2, 0) is 13.0 Å². The molecule has 0 atom stereocenters. The lowest BCUT2D eigenvalue weighted by Crippen LogP contribution is -2.50. The van der Waals surface area contributed by atoms with Crippen LogP contribution in [0.4, 0.5) is 0 Å². The Morgan fingerprint density at radius 2 is 1.81 bits per heavy atom. The van der Waals surface area contributed by atoms with Gasteiger partial charge in [0.15, 0.2) is 5.96 Å². The van der Waals surface area contributed by atoms with Gasteiger partial charge in [-0.05, 0) is 43.4 Å². The van der Waals surface area contributed by atoms with E-state index in [-0.39, 0.29) is 24.0 Å². The number of guanidine groups is 1. The van der Waals surface area contributed by atoms with E-state index in [1.165, 1.54) is 56.4 Å². The quantitative estimate of drug-likeness (QED) is 0.370. The van der Waals surface area contributed by atoms with Crippen molar-refractivity contribution < 1.29 is 0 Å². The molecule has 0 saturated carbocycles. The predicted octanol–water partition coefficient (Wildman–Crippen LogP) is 2.70. The van der Waals surface area contributed by atoms with Crippen LogP contribution in [0.3, 0.4) is 0 Å². The number of aliphatic imine (C=N–C) groups is 1. The molecule has 1 aromatic rings. The van der Waals surface area contributed by atoms with E-state index in [4.69, 9.17) is 0 Å². The number of likely N-dealkylation sites (tertiary alicyclic amines) is 1. The van der Waals surface area contributed by atoms with E-state index in [2.05, 4.69) is 56.6 Å². The molecular formula is C21H36IN5. The first kappa shape index (κ1) is 22.4. The minimum atomic E-state index is 0. The van der Waals surface area contributed by atoms with Crippen molar-refractivity contribution in [3.63, 3.8) is 0 Å². The number of halogens is 1. The Morgan fingerprint density at radius 3 is 2.52 bits per heavy atom. The summed E-state index contributed by atoms with van der Waals surface area (Å²) >= 11 is 0. The largest absolute Gasteiger partial charge is 0.355 e. The van der Waals surface area contributed by atoms with Crippen LogP contribution < -0.4 is 10.6 Å². The number of benzene rings is 1. The third-order valence-corrected chi connectivity index (χ3v) is 5.62. The van der Waals surface area contributed by atoms with Crippen LogP contribution in [0.2, 0.25) is 0 Å². The maximum atomic E-state index is 4.42. The van der Waals surface area contributed by atoms with Crippen LogP contribution in [0.25, 0.3) is 0 Å². The summed E-state index contributed by atoms with van der Waals surface area (Å²) in [6.45, 7) is 10.1. The zero-order valence-electron chi connectivity index (χ0n) is 16.9. The summed E-state index contributed by atoms with van der Waals surface area (Å²) in [5.74, 6) is 0.955. The van der Waals surface area contributed by atoms with E-state index in [0.717, 1.165) is 32.1 Å². The number of piperidine rings is 1. The molecule has 0 aromatic heterocycles. The SMILES string of the molecule is CCCN1CCC(NC(=NC)NCCN2CCc3ccccc3C2)CC1.I. The molecule has 5 nitrogen and oxygen atoms in total. The van der Waals surface area contributed by atoms with Gasteiger partial charge in [-0.3, -0.25) is 9.89 Å². The van der Waals surface area contributed by atoms with Gasteiger partial charge < -0.3 is 15.5 Å². The van der Waals surface area contributed by atoms with E-state index in [1.807, 2.05) is 7.05 Å². The van der Waals surface area contributed by atoms with Crippen LogP contribution in [0, 0.1) is 0 Å². The molecule has 27 heavy (non-hydrogen) atoms. The van der Waals surface area contributed by atoms with Crippen molar-refractivity contribution in [3.05, 3.63) is 35.4 Å². The highest BCUT2D eigenvalue weighted by atomic mass is 127. The zero-order chi connectivity index (χ0) is 18.2. The van der Waals surface area contributed by atoms with Crippen molar-refractivity contribution in [1.82, 2.24) is 20.4 Å². The van der Waals surface area contributed by atoms with Gasteiger partial charge in [0.1, 0.15) is 0 Å². The molecule has 2 aliphatic heterocycles. The Kier molecular flexibility index (Phi) is 9.86. The summed E-state index contributed by atoms with van der Waals surface area (Å²) in [6, 6.07) is 9.38. The Bertz CT molecular complexity index is 584. The van der Waals surface area contributed by atoms with E-state index >= 15 is 0 Å². The lowest BCUT2D eigenvalue weighted by atomic mass is 10.00. The number of nitrogens with zero attached hydrogens (tertiary/aromatic N) is 3. The monoisotopic (exact) mass is 485 g/mol.